The molecule has 0 aromatic heterocycles. The summed E-state index contributed by atoms with van der Waals surface area (Å²) in [4.78, 5) is 14.5. The third-order valence-corrected chi connectivity index (χ3v) is 4.79. The van der Waals surface area contributed by atoms with Gasteiger partial charge in [-0.3, -0.25) is 4.79 Å². The lowest BCUT2D eigenvalue weighted by Crippen LogP contribution is -2.43. The predicted octanol–water partition coefficient (Wildman–Crippen LogP) is 1.90. The van der Waals surface area contributed by atoms with E-state index >= 15 is 0 Å². The van der Waals surface area contributed by atoms with Crippen molar-refractivity contribution in [1.29, 1.82) is 0 Å². The zero-order valence-electron chi connectivity index (χ0n) is 11.5. The van der Waals surface area contributed by atoms with Crippen LogP contribution in [0.4, 0.5) is 5.69 Å². The minimum Gasteiger partial charge on any atom is -0.491 e. The molecule has 1 aromatic rings. The maximum atomic E-state index is 12.6. The van der Waals surface area contributed by atoms with Gasteiger partial charge in [-0.1, -0.05) is 12.1 Å². The minimum absolute atomic E-state index is 0.197. The van der Waals surface area contributed by atoms with Crippen molar-refractivity contribution in [1.82, 2.24) is 5.32 Å². The number of fused-ring (bicyclic) bond motifs is 1. The van der Waals surface area contributed by atoms with Gasteiger partial charge in [0.1, 0.15) is 5.75 Å². The second-order valence-electron chi connectivity index (χ2n) is 5.15. The van der Waals surface area contributed by atoms with Crippen molar-refractivity contribution < 1.29 is 9.53 Å². The Bertz CT molecular complexity index is 475. The molecule has 3 rings (SSSR count). The fraction of sp³-hybridized carbons (Fsp3) is 0.533. The number of ether oxygens (including phenoxy) is 1. The fourth-order valence-corrected chi connectivity index (χ4v) is 3.61. The first-order chi connectivity index (χ1) is 9.84. The van der Waals surface area contributed by atoms with Crippen LogP contribution >= 0.6 is 11.8 Å². The smallest absolute Gasteiger partial charge is 0.228 e. The minimum atomic E-state index is 0.197. The molecule has 0 saturated carbocycles. The van der Waals surface area contributed by atoms with Gasteiger partial charge in [0, 0.05) is 37.1 Å². The second-order valence-corrected chi connectivity index (χ2v) is 6.30. The van der Waals surface area contributed by atoms with E-state index in [4.69, 9.17) is 4.74 Å². The first-order valence-corrected chi connectivity index (χ1v) is 8.33. The average molecular weight is 292 g/mol. The lowest BCUT2D eigenvalue weighted by molar-refractivity contribution is -0.119. The summed E-state index contributed by atoms with van der Waals surface area (Å²) in [5, 5.41) is 3.43. The van der Waals surface area contributed by atoms with Gasteiger partial charge in [-0.15, -0.1) is 0 Å². The van der Waals surface area contributed by atoms with E-state index in [1.54, 1.807) is 0 Å². The topological polar surface area (TPSA) is 41.6 Å². The van der Waals surface area contributed by atoms with E-state index in [0.717, 1.165) is 42.5 Å². The first-order valence-electron chi connectivity index (χ1n) is 7.18. The Labute approximate surface area is 123 Å². The number of thioether (sulfide) groups is 1. The molecule has 2 aliphatic heterocycles. The summed E-state index contributed by atoms with van der Waals surface area (Å²) in [7, 11) is 0. The van der Waals surface area contributed by atoms with E-state index in [1.165, 1.54) is 0 Å². The summed E-state index contributed by atoms with van der Waals surface area (Å²) in [6.07, 6.45) is 1.45. The Balaban J connectivity index is 1.73. The van der Waals surface area contributed by atoms with Crippen molar-refractivity contribution in [2.75, 3.05) is 36.1 Å². The predicted molar refractivity (Wildman–Crippen MR) is 82.6 cm³/mol. The van der Waals surface area contributed by atoms with Crippen LogP contribution in [-0.4, -0.2) is 43.2 Å². The van der Waals surface area contributed by atoms with Gasteiger partial charge >= 0.3 is 0 Å². The van der Waals surface area contributed by atoms with Gasteiger partial charge < -0.3 is 15.0 Å². The fourth-order valence-electron chi connectivity index (χ4n) is 2.66. The van der Waals surface area contributed by atoms with Crippen molar-refractivity contribution in [3.63, 3.8) is 0 Å². The number of rotatable bonds is 2. The molecule has 1 amide bonds. The molecule has 1 fully saturated rings. The van der Waals surface area contributed by atoms with E-state index in [0.29, 0.717) is 19.1 Å². The summed E-state index contributed by atoms with van der Waals surface area (Å²) in [6.45, 7) is 2.43. The van der Waals surface area contributed by atoms with Crippen LogP contribution in [0.25, 0.3) is 0 Å². The highest BCUT2D eigenvalue weighted by Crippen LogP contribution is 2.31. The Morgan fingerprint density at radius 2 is 2.35 bits per heavy atom. The van der Waals surface area contributed by atoms with Crippen molar-refractivity contribution in [2.24, 2.45) is 0 Å². The molecular weight excluding hydrogens is 272 g/mol. The van der Waals surface area contributed by atoms with Crippen LogP contribution in [0.1, 0.15) is 12.8 Å². The van der Waals surface area contributed by atoms with Gasteiger partial charge in [0.2, 0.25) is 5.91 Å². The maximum absolute atomic E-state index is 12.6. The SMILES string of the molecule is O=C(CC1CSCCN1)N1CCCOc2ccccc21. The number of benzene rings is 1. The summed E-state index contributed by atoms with van der Waals surface area (Å²) in [5.41, 5.74) is 0.915. The number of nitrogens with zero attached hydrogens (tertiary/aromatic N) is 1. The molecule has 0 bridgehead atoms. The number of carbonyl (C=O) groups excluding carboxylic acids is 1. The van der Waals surface area contributed by atoms with Crippen molar-refractivity contribution in [3.05, 3.63) is 24.3 Å². The number of hydrogen-bond donors (Lipinski definition) is 1. The molecule has 2 aliphatic rings. The summed E-state index contributed by atoms with van der Waals surface area (Å²) < 4.78 is 5.71. The second kappa shape index (κ2) is 6.50. The van der Waals surface area contributed by atoms with Gasteiger partial charge in [0.05, 0.1) is 12.3 Å². The normalized spacial score (nSPS) is 22.6. The quantitative estimate of drug-likeness (QED) is 0.904. The largest absolute Gasteiger partial charge is 0.491 e. The van der Waals surface area contributed by atoms with Crippen LogP contribution in [-0.2, 0) is 4.79 Å². The van der Waals surface area contributed by atoms with Gasteiger partial charge in [-0.25, -0.2) is 0 Å². The molecule has 1 unspecified atom stereocenters. The number of nitrogens with one attached hydrogen (secondary N) is 1. The van der Waals surface area contributed by atoms with Crippen molar-refractivity contribution in [2.45, 2.75) is 18.9 Å². The van der Waals surface area contributed by atoms with Crippen LogP contribution in [0.2, 0.25) is 0 Å². The Morgan fingerprint density at radius 1 is 1.45 bits per heavy atom. The molecule has 1 N–H and O–H groups in total. The molecule has 20 heavy (non-hydrogen) atoms. The maximum Gasteiger partial charge on any atom is 0.228 e. The average Bonchev–Trinajstić information content (AvgIpc) is 2.70. The van der Waals surface area contributed by atoms with Gasteiger partial charge in [0.15, 0.2) is 0 Å². The van der Waals surface area contributed by atoms with E-state index in [2.05, 4.69) is 5.32 Å². The van der Waals surface area contributed by atoms with E-state index in [9.17, 15) is 4.79 Å². The molecule has 4 nitrogen and oxygen atoms in total. The third kappa shape index (κ3) is 3.10. The highest BCUT2D eigenvalue weighted by Gasteiger charge is 2.25. The lowest BCUT2D eigenvalue weighted by atomic mass is 10.1. The molecule has 0 radical (unpaired) electrons. The van der Waals surface area contributed by atoms with E-state index in [-0.39, 0.29) is 5.91 Å². The molecule has 0 aliphatic carbocycles. The van der Waals surface area contributed by atoms with Crippen molar-refractivity contribution >= 4 is 23.4 Å². The summed E-state index contributed by atoms with van der Waals surface area (Å²) >= 11 is 1.92. The summed E-state index contributed by atoms with van der Waals surface area (Å²) in [6, 6.07) is 8.13. The molecule has 5 heteroatoms. The number of anilines is 1. The Morgan fingerprint density at radius 3 is 3.20 bits per heavy atom. The lowest BCUT2D eigenvalue weighted by Gasteiger charge is -2.27. The van der Waals surface area contributed by atoms with Gasteiger partial charge in [-0.05, 0) is 18.6 Å². The zero-order chi connectivity index (χ0) is 13.8. The molecule has 1 atom stereocenters. The number of hydrogen-bond acceptors (Lipinski definition) is 4. The molecular formula is C15H20N2O2S. The molecule has 1 saturated heterocycles. The Hall–Kier alpha value is -1.20. The highest BCUT2D eigenvalue weighted by atomic mass is 32.2. The zero-order valence-corrected chi connectivity index (χ0v) is 12.3. The standard InChI is InChI=1S/C15H20N2O2S/c18-15(10-12-11-20-9-6-16-12)17-7-3-8-19-14-5-2-1-4-13(14)17/h1-2,4-5,12,16H,3,6-11H2. The van der Waals surface area contributed by atoms with E-state index < -0.39 is 0 Å². The van der Waals surface area contributed by atoms with Crippen LogP contribution in [0.15, 0.2) is 24.3 Å². The third-order valence-electron chi connectivity index (χ3n) is 3.66. The van der Waals surface area contributed by atoms with Crippen LogP contribution in [0.3, 0.4) is 0 Å². The Kier molecular flexibility index (Phi) is 4.47. The number of carbonyl (C=O) groups is 1. The van der Waals surface area contributed by atoms with Gasteiger partial charge in [0.25, 0.3) is 0 Å². The van der Waals surface area contributed by atoms with Crippen LogP contribution in [0.5, 0.6) is 5.75 Å². The highest BCUT2D eigenvalue weighted by molar-refractivity contribution is 7.99. The molecule has 108 valence electrons. The number of amides is 1. The van der Waals surface area contributed by atoms with E-state index in [1.807, 2.05) is 40.9 Å². The van der Waals surface area contributed by atoms with Gasteiger partial charge in [-0.2, -0.15) is 11.8 Å². The molecule has 0 spiro atoms. The number of para-hydroxylation sites is 2. The van der Waals surface area contributed by atoms with Crippen molar-refractivity contribution in [3.8, 4) is 5.75 Å². The van der Waals surface area contributed by atoms with Crippen LogP contribution < -0.4 is 15.0 Å². The van der Waals surface area contributed by atoms with Crippen LogP contribution in [0, 0.1) is 0 Å². The summed E-state index contributed by atoms with van der Waals surface area (Å²) in [5.74, 6) is 3.19. The first kappa shape index (κ1) is 13.8. The molecule has 2 heterocycles. The monoisotopic (exact) mass is 292 g/mol. The molecule has 1 aromatic carbocycles.